The van der Waals surface area contributed by atoms with Crippen LogP contribution in [0.1, 0.15) is 33.3 Å². The third-order valence-corrected chi connectivity index (χ3v) is 2.28. The predicted octanol–water partition coefficient (Wildman–Crippen LogP) is 3.76. The van der Waals surface area contributed by atoms with Gasteiger partial charge in [0, 0.05) is 0 Å². The number of carbonyl (C=O) groups excluding carboxylic acids is 1. The number of allylic oxidation sites excluding steroid dienone is 1. The van der Waals surface area contributed by atoms with Crippen LogP contribution in [0.4, 0.5) is 0 Å². The Bertz CT molecular complexity index is 425. The molecular formula is C15H20O2. The normalized spacial score (nSPS) is 11.1. The van der Waals surface area contributed by atoms with Gasteiger partial charge in [-0.25, -0.2) is 0 Å². The number of carbonyl (C=O) groups is 1. The van der Waals surface area contributed by atoms with Crippen molar-refractivity contribution in [2.45, 2.75) is 34.1 Å². The van der Waals surface area contributed by atoms with E-state index in [1.54, 1.807) is 0 Å². The molecule has 1 aromatic rings. The molecule has 0 N–H and O–H groups in total. The van der Waals surface area contributed by atoms with Gasteiger partial charge < -0.3 is 4.74 Å². The second-order valence-electron chi connectivity index (χ2n) is 5.38. The fraction of sp³-hybridized carbons (Fsp3) is 0.400. The average Bonchev–Trinajstić information content (AvgIpc) is 2.18. The largest absolute Gasteiger partial charge is 0.426 e. The van der Waals surface area contributed by atoms with Crippen molar-refractivity contribution in [2.75, 3.05) is 0 Å². The number of ether oxygens (including phenoxy) is 1. The summed E-state index contributed by atoms with van der Waals surface area (Å²) in [6, 6.07) is 7.59. The van der Waals surface area contributed by atoms with E-state index in [0.29, 0.717) is 5.75 Å². The first-order valence-corrected chi connectivity index (χ1v) is 5.75. The number of esters is 1. The van der Waals surface area contributed by atoms with Crippen LogP contribution in [0.5, 0.6) is 5.75 Å². The summed E-state index contributed by atoms with van der Waals surface area (Å²) in [6.07, 6.45) is 0.730. The highest BCUT2D eigenvalue weighted by molar-refractivity contribution is 5.78. The minimum atomic E-state index is -0.490. The van der Waals surface area contributed by atoms with Gasteiger partial charge in [0.1, 0.15) is 5.75 Å². The molecule has 0 saturated carbocycles. The van der Waals surface area contributed by atoms with E-state index in [0.717, 1.165) is 17.6 Å². The summed E-state index contributed by atoms with van der Waals surface area (Å²) in [5, 5.41) is 0. The zero-order chi connectivity index (χ0) is 13.1. The summed E-state index contributed by atoms with van der Waals surface area (Å²) in [5.74, 6) is 0.419. The molecule has 0 heterocycles. The van der Waals surface area contributed by atoms with E-state index >= 15 is 0 Å². The van der Waals surface area contributed by atoms with E-state index in [2.05, 4.69) is 6.58 Å². The van der Waals surface area contributed by atoms with E-state index in [1.807, 2.05) is 52.0 Å². The van der Waals surface area contributed by atoms with Crippen molar-refractivity contribution in [3.8, 4) is 5.75 Å². The third kappa shape index (κ3) is 4.06. The molecule has 2 nitrogen and oxygen atoms in total. The van der Waals surface area contributed by atoms with Gasteiger partial charge in [-0.1, -0.05) is 30.4 Å². The molecule has 0 radical (unpaired) electrons. The summed E-state index contributed by atoms with van der Waals surface area (Å²) in [4.78, 5) is 11.8. The molecule has 1 rings (SSSR count). The lowest BCUT2D eigenvalue weighted by Crippen LogP contribution is -2.26. The standard InChI is InChI=1S/C15H20O2/c1-11(2)10-12-8-6-7-9-13(12)17-14(16)15(3,4)5/h6-9H,1,10H2,2-5H3. The van der Waals surface area contributed by atoms with E-state index < -0.39 is 5.41 Å². The molecule has 2 heteroatoms. The highest BCUT2D eigenvalue weighted by Crippen LogP contribution is 2.24. The predicted molar refractivity (Wildman–Crippen MR) is 70.1 cm³/mol. The smallest absolute Gasteiger partial charge is 0.316 e. The number of hydrogen-bond acceptors (Lipinski definition) is 2. The van der Waals surface area contributed by atoms with E-state index in [1.165, 1.54) is 0 Å². The van der Waals surface area contributed by atoms with Gasteiger partial charge in [0.05, 0.1) is 5.41 Å². The molecule has 0 aliphatic carbocycles. The quantitative estimate of drug-likeness (QED) is 0.450. The average molecular weight is 232 g/mol. The van der Waals surface area contributed by atoms with Crippen LogP contribution in [-0.4, -0.2) is 5.97 Å². The highest BCUT2D eigenvalue weighted by atomic mass is 16.5. The van der Waals surface area contributed by atoms with Crippen LogP contribution in [0, 0.1) is 5.41 Å². The molecule has 0 amide bonds. The first-order valence-electron chi connectivity index (χ1n) is 5.75. The van der Waals surface area contributed by atoms with Gasteiger partial charge in [0.15, 0.2) is 0 Å². The number of rotatable bonds is 3. The second kappa shape index (κ2) is 5.17. The molecule has 0 bridgehead atoms. The number of hydrogen-bond donors (Lipinski definition) is 0. The van der Waals surface area contributed by atoms with Gasteiger partial charge in [-0.2, -0.15) is 0 Å². The topological polar surface area (TPSA) is 26.3 Å². The lowest BCUT2D eigenvalue weighted by Gasteiger charge is -2.18. The van der Waals surface area contributed by atoms with E-state index in [9.17, 15) is 4.79 Å². The van der Waals surface area contributed by atoms with Crippen molar-refractivity contribution < 1.29 is 9.53 Å². The molecule has 0 aromatic heterocycles. The Morgan fingerprint density at radius 3 is 2.41 bits per heavy atom. The zero-order valence-electron chi connectivity index (χ0n) is 11.0. The maximum absolute atomic E-state index is 11.8. The van der Waals surface area contributed by atoms with E-state index in [4.69, 9.17) is 4.74 Å². The first kappa shape index (κ1) is 13.5. The van der Waals surface area contributed by atoms with Crippen LogP contribution in [-0.2, 0) is 11.2 Å². The Kier molecular flexibility index (Phi) is 4.11. The molecular weight excluding hydrogens is 212 g/mol. The van der Waals surface area contributed by atoms with Crippen LogP contribution in [0.25, 0.3) is 0 Å². The highest BCUT2D eigenvalue weighted by Gasteiger charge is 2.24. The fourth-order valence-electron chi connectivity index (χ4n) is 1.33. The molecule has 0 spiro atoms. The molecule has 92 valence electrons. The van der Waals surface area contributed by atoms with Crippen LogP contribution < -0.4 is 4.74 Å². The van der Waals surface area contributed by atoms with Crippen LogP contribution in [0.2, 0.25) is 0 Å². The van der Waals surface area contributed by atoms with Crippen molar-refractivity contribution in [2.24, 2.45) is 5.41 Å². The molecule has 0 aliphatic heterocycles. The van der Waals surface area contributed by atoms with Crippen LogP contribution >= 0.6 is 0 Å². The van der Waals surface area contributed by atoms with Crippen LogP contribution in [0.3, 0.4) is 0 Å². The molecule has 0 atom stereocenters. The fourth-order valence-corrected chi connectivity index (χ4v) is 1.33. The van der Waals surface area contributed by atoms with Gasteiger partial charge in [-0.15, -0.1) is 0 Å². The maximum Gasteiger partial charge on any atom is 0.316 e. The summed E-state index contributed by atoms with van der Waals surface area (Å²) >= 11 is 0. The van der Waals surface area contributed by atoms with Crippen molar-refractivity contribution in [3.63, 3.8) is 0 Å². The van der Waals surface area contributed by atoms with Gasteiger partial charge in [-0.3, -0.25) is 4.79 Å². The molecule has 17 heavy (non-hydrogen) atoms. The van der Waals surface area contributed by atoms with Crippen molar-refractivity contribution in [1.82, 2.24) is 0 Å². The molecule has 0 saturated heterocycles. The zero-order valence-corrected chi connectivity index (χ0v) is 11.0. The van der Waals surface area contributed by atoms with E-state index in [-0.39, 0.29) is 5.97 Å². The van der Waals surface area contributed by atoms with Gasteiger partial charge in [0.2, 0.25) is 0 Å². The van der Waals surface area contributed by atoms with Gasteiger partial charge in [0.25, 0.3) is 0 Å². The monoisotopic (exact) mass is 232 g/mol. The molecule has 0 unspecified atom stereocenters. The van der Waals surface area contributed by atoms with Gasteiger partial charge >= 0.3 is 5.97 Å². The molecule has 0 aliphatic rings. The second-order valence-corrected chi connectivity index (χ2v) is 5.38. The maximum atomic E-state index is 11.8. The van der Waals surface area contributed by atoms with Crippen molar-refractivity contribution >= 4 is 5.97 Å². The lowest BCUT2D eigenvalue weighted by molar-refractivity contribution is -0.143. The first-order chi connectivity index (χ1) is 7.80. The summed E-state index contributed by atoms with van der Waals surface area (Å²) in [5.41, 5.74) is 1.55. The Morgan fingerprint density at radius 2 is 1.88 bits per heavy atom. The minimum absolute atomic E-state index is 0.216. The number of benzene rings is 1. The molecule has 1 aromatic carbocycles. The molecule has 0 fully saturated rings. The van der Waals surface area contributed by atoms with Crippen LogP contribution in [0.15, 0.2) is 36.4 Å². The SMILES string of the molecule is C=C(C)Cc1ccccc1OC(=O)C(C)(C)C. The summed E-state index contributed by atoms with van der Waals surface area (Å²) in [6.45, 7) is 11.4. The lowest BCUT2D eigenvalue weighted by atomic mass is 9.97. The Balaban J connectivity index is 2.91. The Labute approximate surface area is 103 Å². The Morgan fingerprint density at radius 1 is 1.29 bits per heavy atom. The summed E-state index contributed by atoms with van der Waals surface area (Å²) in [7, 11) is 0. The van der Waals surface area contributed by atoms with Gasteiger partial charge in [-0.05, 0) is 45.7 Å². The van der Waals surface area contributed by atoms with Crippen molar-refractivity contribution in [3.05, 3.63) is 42.0 Å². The Hall–Kier alpha value is -1.57. The summed E-state index contributed by atoms with van der Waals surface area (Å²) < 4.78 is 5.43. The third-order valence-electron chi connectivity index (χ3n) is 2.28. The van der Waals surface area contributed by atoms with Crippen molar-refractivity contribution in [1.29, 1.82) is 0 Å². The minimum Gasteiger partial charge on any atom is -0.426 e. The number of para-hydroxylation sites is 1.